The first kappa shape index (κ1) is 8.17. The zero-order valence-electron chi connectivity index (χ0n) is 5.76. The number of alkyl halides is 1. The van der Waals surface area contributed by atoms with Crippen molar-refractivity contribution in [1.82, 2.24) is 0 Å². The second-order valence-corrected chi connectivity index (χ2v) is 3.56. The molecule has 2 atom stereocenters. The lowest BCUT2D eigenvalue weighted by atomic mass is 10.1. The Morgan fingerprint density at radius 3 is 2.40 bits per heavy atom. The summed E-state index contributed by atoms with van der Waals surface area (Å²) in [5.74, 6) is -0.0332. The molecule has 0 aromatic rings. The number of Topliss-reactive ketones (excluding diaryl/α,β-unsaturated/α-hetero) is 2. The van der Waals surface area contributed by atoms with Crippen molar-refractivity contribution in [3.05, 3.63) is 0 Å². The van der Waals surface area contributed by atoms with Gasteiger partial charge in [-0.2, -0.15) is 0 Å². The Balaban J connectivity index is 2.74. The Kier molecular flexibility index (Phi) is 2.44. The van der Waals surface area contributed by atoms with Gasteiger partial charge in [0.05, 0.1) is 5.92 Å². The van der Waals surface area contributed by atoms with E-state index in [9.17, 15) is 9.59 Å². The van der Waals surface area contributed by atoms with Crippen LogP contribution in [0, 0.1) is 11.8 Å². The van der Waals surface area contributed by atoms with Crippen LogP contribution in [0.4, 0.5) is 0 Å². The third kappa shape index (κ3) is 1.24. The van der Waals surface area contributed by atoms with Gasteiger partial charge in [-0.15, -0.1) is 0 Å². The van der Waals surface area contributed by atoms with Crippen LogP contribution in [0.5, 0.6) is 0 Å². The highest BCUT2D eigenvalue weighted by molar-refractivity contribution is 14.1. The summed E-state index contributed by atoms with van der Waals surface area (Å²) < 4.78 is 0.653. The summed E-state index contributed by atoms with van der Waals surface area (Å²) in [4.78, 5) is 22.1. The van der Waals surface area contributed by atoms with Crippen LogP contribution < -0.4 is 0 Å². The minimum Gasteiger partial charge on any atom is -0.299 e. The quantitative estimate of drug-likeness (QED) is 0.398. The molecule has 0 N–H and O–H groups in total. The van der Waals surface area contributed by atoms with Crippen molar-refractivity contribution in [3.8, 4) is 0 Å². The lowest BCUT2D eigenvalue weighted by Gasteiger charge is -1.99. The molecule has 1 aliphatic rings. The van der Waals surface area contributed by atoms with Gasteiger partial charge in [-0.1, -0.05) is 29.5 Å². The summed E-state index contributed by atoms with van der Waals surface area (Å²) in [7, 11) is 0. The molecular formula is C7H9IO2. The molecule has 0 aromatic heterocycles. The molecule has 1 saturated carbocycles. The van der Waals surface area contributed by atoms with Gasteiger partial charge in [0.2, 0.25) is 0 Å². The van der Waals surface area contributed by atoms with E-state index in [1.165, 1.54) is 0 Å². The zero-order chi connectivity index (χ0) is 7.72. The van der Waals surface area contributed by atoms with Crippen molar-refractivity contribution >= 4 is 34.2 Å². The Bertz CT molecular complexity index is 176. The van der Waals surface area contributed by atoms with Crippen molar-refractivity contribution in [2.75, 3.05) is 4.43 Å². The van der Waals surface area contributed by atoms with Crippen LogP contribution in [0.15, 0.2) is 0 Å². The molecule has 0 amide bonds. The fraction of sp³-hybridized carbons (Fsp3) is 0.714. The van der Waals surface area contributed by atoms with Crippen molar-refractivity contribution in [2.24, 2.45) is 11.8 Å². The van der Waals surface area contributed by atoms with Crippen LogP contribution in [-0.2, 0) is 9.59 Å². The van der Waals surface area contributed by atoms with Crippen LogP contribution in [0.3, 0.4) is 0 Å². The molecule has 0 spiro atoms. The van der Waals surface area contributed by atoms with Crippen LogP contribution >= 0.6 is 22.6 Å². The molecule has 10 heavy (non-hydrogen) atoms. The molecule has 0 aromatic carbocycles. The largest absolute Gasteiger partial charge is 0.299 e. The van der Waals surface area contributed by atoms with Crippen molar-refractivity contribution in [2.45, 2.75) is 13.3 Å². The van der Waals surface area contributed by atoms with Gasteiger partial charge in [0.25, 0.3) is 0 Å². The SMILES string of the molecule is CC1CC(=O)C(C[125I])C1=O. The second kappa shape index (κ2) is 2.98. The topological polar surface area (TPSA) is 34.1 Å². The van der Waals surface area contributed by atoms with Gasteiger partial charge in [-0.3, -0.25) is 9.59 Å². The number of rotatable bonds is 1. The van der Waals surface area contributed by atoms with E-state index in [1.807, 2.05) is 6.92 Å². The summed E-state index contributed by atoms with van der Waals surface area (Å²) >= 11 is 2.09. The molecule has 0 saturated heterocycles. The standard InChI is InChI=1S/C7H9IO2/c1-4-2-6(9)5(3-8)7(4)10/h4-5H,2-3H2,1H3/i8-2. The van der Waals surface area contributed by atoms with E-state index in [-0.39, 0.29) is 23.4 Å². The molecule has 0 bridgehead atoms. The lowest BCUT2D eigenvalue weighted by Crippen LogP contribution is -2.17. The molecule has 0 heterocycles. The average molecular weight is 250 g/mol. The molecule has 0 aliphatic heterocycles. The normalized spacial score (nSPS) is 33.4. The monoisotopic (exact) mass is 250 g/mol. The summed E-state index contributed by atoms with van der Waals surface area (Å²) in [6, 6.07) is 0. The first-order valence-corrected chi connectivity index (χ1v) is 4.81. The minimum absolute atomic E-state index is 0.0211. The summed E-state index contributed by atoms with van der Waals surface area (Å²) in [5.41, 5.74) is 0. The van der Waals surface area contributed by atoms with Crippen LogP contribution in [-0.4, -0.2) is 16.0 Å². The molecule has 2 nitrogen and oxygen atoms in total. The van der Waals surface area contributed by atoms with E-state index in [4.69, 9.17) is 0 Å². The van der Waals surface area contributed by atoms with E-state index in [0.29, 0.717) is 10.8 Å². The smallest absolute Gasteiger partial charge is 0.147 e. The van der Waals surface area contributed by atoms with Gasteiger partial charge in [-0.05, 0) is 0 Å². The molecule has 1 rings (SSSR count). The average Bonchev–Trinajstić information content (AvgIpc) is 2.09. The van der Waals surface area contributed by atoms with Crippen molar-refractivity contribution in [3.63, 3.8) is 0 Å². The summed E-state index contributed by atoms with van der Waals surface area (Å²) in [6.45, 7) is 1.83. The van der Waals surface area contributed by atoms with Crippen LogP contribution in [0.25, 0.3) is 0 Å². The van der Waals surface area contributed by atoms with Crippen molar-refractivity contribution < 1.29 is 9.59 Å². The fourth-order valence-electron chi connectivity index (χ4n) is 1.21. The third-order valence-corrected chi connectivity index (χ3v) is 2.76. The third-order valence-electron chi connectivity index (χ3n) is 1.88. The highest BCUT2D eigenvalue weighted by atomic mass is 125. The predicted octanol–water partition coefficient (Wildman–Crippen LogP) is 1.22. The minimum atomic E-state index is -0.282. The molecule has 0 radical (unpaired) electrons. The molecular weight excluding hydrogens is 241 g/mol. The lowest BCUT2D eigenvalue weighted by molar-refractivity contribution is -0.126. The van der Waals surface area contributed by atoms with Gasteiger partial charge >= 0.3 is 0 Å². The number of hydrogen-bond acceptors (Lipinski definition) is 2. The van der Waals surface area contributed by atoms with Gasteiger partial charge in [-0.25, -0.2) is 0 Å². The molecule has 56 valence electrons. The number of carbonyl (C=O) groups is 2. The molecule has 1 aliphatic carbocycles. The van der Waals surface area contributed by atoms with Gasteiger partial charge in [0.1, 0.15) is 11.6 Å². The Labute approximate surface area is 73.5 Å². The van der Waals surface area contributed by atoms with E-state index < -0.39 is 0 Å². The highest BCUT2D eigenvalue weighted by Crippen LogP contribution is 2.24. The maximum Gasteiger partial charge on any atom is 0.147 e. The van der Waals surface area contributed by atoms with E-state index in [2.05, 4.69) is 22.6 Å². The maximum absolute atomic E-state index is 11.1. The van der Waals surface area contributed by atoms with Gasteiger partial charge < -0.3 is 0 Å². The Morgan fingerprint density at radius 2 is 2.20 bits per heavy atom. The van der Waals surface area contributed by atoms with Gasteiger partial charge in [0, 0.05) is 16.8 Å². The van der Waals surface area contributed by atoms with Crippen LogP contribution in [0.1, 0.15) is 13.3 Å². The molecule has 3 heteroatoms. The van der Waals surface area contributed by atoms with E-state index >= 15 is 0 Å². The number of ketones is 2. The number of carbonyl (C=O) groups excluding carboxylic acids is 2. The predicted molar refractivity (Wildman–Crippen MR) is 46.2 cm³/mol. The zero-order valence-corrected chi connectivity index (χ0v) is 7.92. The maximum atomic E-state index is 11.1. The highest BCUT2D eigenvalue weighted by Gasteiger charge is 2.37. The van der Waals surface area contributed by atoms with Crippen LogP contribution in [0.2, 0.25) is 0 Å². The first-order chi connectivity index (χ1) is 4.66. The van der Waals surface area contributed by atoms with Gasteiger partial charge in [0.15, 0.2) is 0 Å². The summed E-state index contributed by atoms with van der Waals surface area (Å²) in [6.07, 6.45) is 0.465. The van der Waals surface area contributed by atoms with Crippen molar-refractivity contribution in [1.29, 1.82) is 0 Å². The summed E-state index contributed by atoms with van der Waals surface area (Å²) in [5, 5.41) is 0. The Hall–Kier alpha value is 0.0700. The van der Waals surface area contributed by atoms with E-state index in [0.717, 1.165) is 0 Å². The molecule has 2 unspecified atom stereocenters. The van der Waals surface area contributed by atoms with E-state index in [1.54, 1.807) is 0 Å². The number of halogens is 1. The molecule has 1 fully saturated rings. The first-order valence-electron chi connectivity index (χ1n) is 3.29. The second-order valence-electron chi connectivity index (χ2n) is 2.68. The number of hydrogen-bond donors (Lipinski definition) is 0. The fourth-order valence-corrected chi connectivity index (χ4v) is 2.13. The Morgan fingerprint density at radius 1 is 1.60 bits per heavy atom.